The summed E-state index contributed by atoms with van der Waals surface area (Å²) in [7, 11) is 0. The maximum Gasteiger partial charge on any atom is 0.347 e. The van der Waals surface area contributed by atoms with Gasteiger partial charge in [0.25, 0.3) is 0 Å². The van der Waals surface area contributed by atoms with E-state index in [0.717, 1.165) is 16.7 Å². The zero-order valence-corrected chi connectivity index (χ0v) is 28.1. The Hall–Kier alpha value is -3.69. The van der Waals surface area contributed by atoms with Crippen LogP contribution in [0.5, 0.6) is 0 Å². The highest BCUT2D eigenvalue weighted by atomic mass is 35.5. The van der Waals surface area contributed by atoms with E-state index >= 15 is 0 Å². The summed E-state index contributed by atoms with van der Waals surface area (Å²) in [5.74, 6) is -2.45. The molecule has 2 aromatic rings. The van der Waals surface area contributed by atoms with Gasteiger partial charge in [-0.05, 0) is 61.9 Å². The Morgan fingerprint density at radius 2 is 1.72 bits per heavy atom. The number of hydrogen-bond donors (Lipinski definition) is 2. The number of hydrogen-bond acceptors (Lipinski definition) is 7. The highest BCUT2D eigenvalue weighted by molar-refractivity contribution is 6.31. The smallest absolute Gasteiger partial charge is 0.347 e. The first-order valence-electron chi connectivity index (χ1n) is 15.9. The van der Waals surface area contributed by atoms with E-state index in [1.165, 1.54) is 6.08 Å². The third-order valence-corrected chi connectivity index (χ3v) is 8.83. The van der Waals surface area contributed by atoms with Gasteiger partial charge >= 0.3 is 11.9 Å². The summed E-state index contributed by atoms with van der Waals surface area (Å²) in [6.45, 7) is 10.9. The third-order valence-electron chi connectivity index (χ3n) is 8.43. The molecule has 1 saturated heterocycles. The molecule has 0 radical (unpaired) electrons. The number of carbonyl (C=O) groups is 4. The molecule has 2 aromatic carbocycles. The van der Waals surface area contributed by atoms with Gasteiger partial charge in [-0.1, -0.05) is 80.9 Å². The van der Waals surface area contributed by atoms with Crippen molar-refractivity contribution in [3.8, 4) is 0 Å². The van der Waals surface area contributed by atoms with Crippen molar-refractivity contribution in [2.24, 2.45) is 17.3 Å². The topological polar surface area (TPSA) is 123 Å². The van der Waals surface area contributed by atoms with Gasteiger partial charge in [0.1, 0.15) is 18.2 Å². The second kappa shape index (κ2) is 15.3. The molecule has 248 valence electrons. The number of carbonyl (C=O) groups excluding carboxylic acids is 4. The maximum absolute atomic E-state index is 13.6. The standard InChI is InChI=1S/C36H45ClN2O7/c1-21(2)17-29-34(42)44-28(23(4)31-32(46-31)25-11-8-7-9-12-25)13-10-14-30(40)39-27(19-24-16-15-22(3)26(37)18-24)33(41)38-20-36(5,6)35(43)45-29/h7-12,14-16,18,21,23,27-29,31-32H,13,17,19-20H2,1-6H3,(H,38,41)(H,39,40)/b14-10+/t23-,27?,28-,29-,31-,32-/m0/s1. The minimum absolute atomic E-state index is 0.0310. The van der Waals surface area contributed by atoms with Gasteiger partial charge in [0.15, 0.2) is 6.10 Å². The highest BCUT2D eigenvalue weighted by Crippen LogP contribution is 2.45. The molecule has 2 aliphatic heterocycles. The van der Waals surface area contributed by atoms with E-state index in [0.29, 0.717) is 5.02 Å². The van der Waals surface area contributed by atoms with Crippen LogP contribution < -0.4 is 10.6 Å². The monoisotopic (exact) mass is 652 g/mol. The van der Waals surface area contributed by atoms with Crippen molar-refractivity contribution in [1.29, 1.82) is 0 Å². The molecule has 2 heterocycles. The maximum atomic E-state index is 13.6. The number of rotatable bonds is 7. The zero-order valence-electron chi connectivity index (χ0n) is 27.4. The number of amides is 2. The Balaban J connectivity index is 1.61. The van der Waals surface area contributed by atoms with E-state index < -0.39 is 47.4 Å². The van der Waals surface area contributed by atoms with Crippen LogP contribution in [0.25, 0.3) is 0 Å². The molecule has 1 fully saturated rings. The van der Waals surface area contributed by atoms with Crippen molar-refractivity contribution >= 4 is 35.4 Å². The Morgan fingerprint density at radius 3 is 2.39 bits per heavy atom. The Kier molecular flexibility index (Phi) is 11.7. The van der Waals surface area contributed by atoms with Crippen LogP contribution in [0.1, 0.15) is 70.3 Å². The largest absolute Gasteiger partial charge is 0.459 e. The molecule has 46 heavy (non-hydrogen) atoms. The number of halogens is 1. The second-order valence-corrected chi connectivity index (χ2v) is 13.8. The van der Waals surface area contributed by atoms with E-state index in [1.807, 2.05) is 70.2 Å². The molecule has 2 aliphatic rings. The Labute approximate surface area is 276 Å². The minimum atomic E-state index is -1.18. The quantitative estimate of drug-likeness (QED) is 0.302. The van der Waals surface area contributed by atoms with Crippen molar-refractivity contribution < 1.29 is 33.4 Å². The number of cyclic esters (lactones) is 2. The van der Waals surface area contributed by atoms with Crippen LogP contribution in [0.15, 0.2) is 60.7 Å². The van der Waals surface area contributed by atoms with E-state index in [4.69, 9.17) is 25.8 Å². The lowest BCUT2D eigenvalue weighted by Crippen LogP contribution is -2.51. The average Bonchev–Trinajstić information content (AvgIpc) is 3.81. The van der Waals surface area contributed by atoms with Gasteiger partial charge in [0, 0.05) is 30.3 Å². The second-order valence-electron chi connectivity index (χ2n) is 13.4. The van der Waals surface area contributed by atoms with Gasteiger partial charge in [0.05, 0.1) is 11.5 Å². The van der Waals surface area contributed by atoms with Crippen LogP contribution in [0.2, 0.25) is 5.02 Å². The first-order valence-corrected chi connectivity index (χ1v) is 16.2. The van der Waals surface area contributed by atoms with E-state index in [1.54, 1.807) is 26.0 Å². The molecule has 1 unspecified atom stereocenters. The average molecular weight is 653 g/mol. The molecule has 2 amide bonds. The highest BCUT2D eigenvalue weighted by Gasteiger charge is 2.48. The van der Waals surface area contributed by atoms with Crippen LogP contribution in [0, 0.1) is 24.2 Å². The summed E-state index contributed by atoms with van der Waals surface area (Å²) in [4.78, 5) is 53.5. The van der Waals surface area contributed by atoms with E-state index in [-0.39, 0.29) is 49.9 Å². The zero-order chi connectivity index (χ0) is 33.6. The van der Waals surface area contributed by atoms with E-state index in [2.05, 4.69) is 10.6 Å². The number of esters is 2. The fourth-order valence-electron chi connectivity index (χ4n) is 5.39. The normalized spacial score (nSPS) is 27.2. The van der Waals surface area contributed by atoms with Gasteiger partial charge < -0.3 is 24.8 Å². The van der Waals surface area contributed by atoms with Crippen molar-refractivity contribution in [2.45, 2.75) is 91.3 Å². The fraction of sp³-hybridized carbons (Fsp3) is 0.500. The lowest BCUT2D eigenvalue weighted by molar-refractivity contribution is -0.179. The van der Waals surface area contributed by atoms with Crippen molar-refractivity contribution in [1.82, 2.24) is 10.6 Å². The molecule has 0 bridgehead atoms. The van der Waals surface area contributed by atoms with Crippen LogP contribution in [-0.4, -0.2) is 54.7 Å². The van der Waals surface area contributed by atoms with Crippen LogP contribution in [-0.2, 0) is 39.8 Å². The number of aryl methyl sites for hydroxylation is 1. The number of epoxide rings is 1. The molecule has 0 saturated carbocycles. The Bertz CT molecular complexity index is 1440. The number of benzene rings is 2. The minimum Gasteiger partial charge on any atom is -0.459 e. The number of nitrogens with one attached hydrogen (secondary N) is 2. The van der Waals surface area contributed by atoms with Crippen LogP contribution in [0.3, 0.4) is 0 Å². The van der Waals surface area contributed by atoms with Crippen molar-refractivity contribution in [2.75, 3.05) is 6.54 Å². The van der Waals surface area contributed by atoms with Gasteiger partial charge in [-0.3, -0.25) is 14.4 Å². The van der Waals surface area contributed by atoms with Gasteiger partial charge in [-0.25, -0.2) is 4.79 Å². The van der Waals surface area contributed by atoms with Crippen LogP contribution >= 0.6 is 11.6 Å². The predicted octanol–water partition coefficient (Wildman–Crippen LogP) is 5.42. The molecule has 0 aromatic heterocycles. The molecule has 0 spiro atoms. The molecule has 2 N–H and O–H groups in total. The lowest BCUT2D eigenvalue weighted by atomic mass is 9.92. The first-order chi connectivity index (χ1) is 21.7. The summed E-state index contributed by atoms with van der Waals surface area (Å²) >= 11 is 6.33. The lowest BCUT2D eigenvalue weighted by Gasteiger charge is -2.29. The van der Waals surface area contributed by atoms with Gasteiger partial charge in [-0.2, -0.15) is 0 Å². The summed E-state index contributed by atoms with van der Waals surface area (Å²) in [6.07, 6.45) is 1.48. The third kappa shape index (κ3) is 9.42. The Morgan fingerprint density at radius 1 is 1.00 bits per heavy atom. The molecule has 0 aliphatic carbocycles. The van der Waals surface area contributed by atoms with Gasteiger partial charge in [0.2, 0.25) is 11.8 Å². The van der Waals surface area contributed by atoms with Gasteiger partial charge in [-0.15, -0.1) is 0 Å². The fourth-order valence-corrected chi connectivity index (χ4v) is 5.59. The van der Waals surface area contributed by atoms with Crippen molar-refractivity contribution in [3.05, 3.63) is 82.4 Å². The first kappa shape index (κ1) is 35.2. The molecule has 9 nitrogen and oxygen atoms in total. The van der Waals surface area contributed by atoms with Crippen molar-refractivity contribution in [3.63, 3.8) is 0 Å². The van der Waals surface area contributed by atoms with Crippen LogP contribution in [0.4, 0.5) is 0 Å². The predicted molar refractivity (Wildman–Crippen MR) is 175 cm³/mol. The van der Waals surface area contributed by atoms with E-state index in [9.17, 15) is 19.2 Å². The summed E-state index contributed by atoms with van der Waals surface area (Å²) in [5.41, 5.74) is 1.51. The summed E-state index contributed by atoms with van der Waals surface area (Å²) < 4.78 is 17.8. The molecular formula is C36H45ClN2O7. The summed E-state index contributed by atoms with van der Waals surface area (Å²) in [5, 5.41) is 6.13. The summed E-state index contributed by atoms with van der Waals surface area (Å²) in [6, 6.07) is 14.3. The molecule has 10 heteroatoms. The number of ether oxygens (including phenoxy) is 3. The molecule has 4 rings (SSSR count). The molecular weight excluding hydrogens is 608 g/mol. The molecule has 6 atom stereocenters. The SMILES string of the molecule is Cc1ccc(CC2NC(=O)/C=C/C[C@@H]([C@H](C)[C@@H]3O[C@H]3c3ccccc3)OC(=O)[C@H](CC(C)C)OC(=O)C(C)(C)CNC2=O)cc1Cl.